The Morgan fingerprint density at radius 3 is 3.11 bits per heavy atom. The van der Waals surface area contributed by atoms with E-state index in [4.69, 9.17) is 4.74 Å². The summed E-state index contributed by atoms with van der Waals surface area (Å²) in [7, 11) is 2.11. The second kappa shape index (κ2) is 7.19. The van der Waals surface area contributed by atoms with Crippen LogP contribution in [-0.2, 0) is 17.8 Å². The largest absolute Gasteiger partial charge is 0.380 e. The normalized spacial score (nSPS) is 15.5. The first-order valence-corrected chi connectivity index (χ1v) is 7.59. The van der Waals surface area contributed by atoms with Crippen molar-refractivity contribution in [3.63, 3.8) is 0 Å². The zero-order valence-electron chi connectivity index (χ0n) is 11.3. The van der Waals surface area contributed by atoms with Crippen molar-refractivity contribution in [3.05, 3.63) is 16.1 Å². The maximum absolute atomic E-state index is 5.35. The van der Waals surface area contributed by atoms with Gasteiger partial charge in [0.05, 0.1) is 12.3 Å². The Balaban J connectivity index is 1.67. The van der Waals surface area contributed by atoms with Crippen LogP contribution in [0.3, 0.4) is 0 Å². The van der Waals surface area contributed by atoms with Crippen LogP contribution in [0.4, 0.5) is 0 Å². The first kappa shape index (κ1) is 13.9. The van der Waals surface area contributed by atoms with Crippen molar-refractivity contribution < 1.29 is 4.74 Å². The molecular formula is C13H23N3OS. The van der Waals surface area contributed by atoms with Gasteiger partial charge >= 0.3 is 0 Å². The molecule has 0 spiro atoms. The zero-order chi connectivity index (χ0) is 12.8. The van der Waals surface area contributed by atoms with Gasteiger partial charge in [-0.1, -0.05) is 0 Å². The predicted molar refractivity (Wildman–Crippen MR) is 74.8 cm³/mol. The van der Waals surface area contributed by atoms with Crippen molar-refractivity contribution in [1.82, 2.24) is 15.2 Å². The molecule has 0 radical (unpaired) electrons. The maximum Gasteiger partial charge on any atom is 0.107 e. The molecule has 0 unspecified atom stereocenters. The second-order valence-corrected chi connectivity index (χ2v) is 5.77. The van der Waals surface area contributed by atoms with E-state index in [0.29, 0.717) is 0 Å². The van der Waals surface area contributed by atoms with Crippen LogP contribution in [0.5, 0.6) is 0 Å². The Hall–Kier alpha value is -0.490. The first-order valence-electron chi connectivity index (χ1n) is 6.71. The summed E-state index contributed by atoms with van der Waals surface area (Å²) < 4.78 is 5.35. The fourth-order valence-electron chi connectivity index (χ4n) is 1.74. The number of ether oxygens (including phenoxy) is 1. The van der Waals surface area contributed by atoms with Gasteiger partial charge in [0, 0.05) is 37.7 Å². The molecule has 1 heterocycles. The summed E-state index contributed by atoms with van der Waals surface area (Å²) in [5, 5.41) is 6.87. The molecule has 102 valence electrons. The lowest BCUT2D eigenvalue weighted by atomic mass is 10.4. The topological polar surface area (TPSA) is 37.4 Å². The quantitative estimate of drug-likeness (QED) is 0.694. The fraction of sp³-hybridized carbons (Fsp3) is 0.769. The van der Waals surface area contributed by atoms with Gasteiger partial charge in [0.1, 0.15) is 5.01 Å². The Labute approximate surface area is 113 Å². The summed E-state index contributed by atoms with van der Waals surface area (Å²) in [6, 6.07) is 0.756. The number of nitrogens with one attached hydrogen (secondary N) is 1. The smallest absolute Gasteiger partial charge is 0.107 e. The molecule has 1 aromatic heterocycles. The predicted octanol–water partition coefficient (Wildman–Crippen LogP) is 1.86. The van der Waals surface area contributed by atoms with E-state index >= 15 is 0 Å². The van der Waals surface area contributed by atoms with Gasteiger partial charge in [-0.2, -0.15) is 0 Å². The third-order valence-corrected chi connectivity index (χ3v) is 3.87. The lowest BCUT2D eigenvalue weighted by molar-refractivity contribution is 0.120. The molecule has 1 fully saturated rings. The average molecular weight is 269 g/mol. The van der Waals surface area contributed by atoms with E-state index in [9.17, 15) is 0 Å². The highest BCUT2D eigenvalue weighted by Crippen LogP contribution is 2.20. The highest BCUT2D eigenvalue weighted by atomic mass is 32.1. The van der Waals surface area contributed by atoms with Crippen LogP contribution in [0.25, 0.3) is 0 Å². The van der Waals surface area contributed by atoms with Gasteiger partial charge in [-0.15, -0.1) is 11.3 Å². The van der Waals surface area contributed by atoms with E-state index in [2.05, 4.69) is 27.6 Å². The van der Waals surface area contributed by atoms with E-state index in [-0.39, 0.29) is 0 Å². The van der Waals surface area contributed by atoms with Gasteiger partial charge in [-0.05, 0) is 26.8 Å². The van der Waals surface area contributed by atoms with Crippen molar-refractivity contribution in [2.45, 2.75) is 38.9 Å². The molecule has 0 bridgehead atoms. The molecule has 0 aromatic carbocycles. The molecule has 5 heteroatoms. The highest BCUT2D eigenvalue weighted by molar-refractivity contribution is 7.09. The lowest BCUT2D eigenvalue weighted by Crippen LogP contribution is -2.23. The van der Waals surface area contributed by atoms with Crippen LogP contribution in [0, 0.1) is 0 Å². The number of nitrogens with zero attached hydrogens (tertiary/aromatic N) is 2. The van der Waals surface area contributed by atoms with E-state index in [1.165, 1.54) is 23.5 Å². The summed E-state index contributed by atoms with van der Waals surface area (Å²) in [6.07, 6.45) is 2.66. The van der Waals surface area contributed by atoms with E-state index in [1.807, 2.05) is 6.92 Å². The van der Waals surface area contributed by atoms with Gasteiger partial charge in [-0.25, -0.2) is 4.98 Å². The van der Waals surface area contributed by atoms with E-state index in [0.717, 1.165) is 38.9 Å². The Kier molecular flexibility index (Phi) is 5.56. The molecule has 0 atom stereocenters. The van der Waals surface area contributed by atoms with Gasteiger partial charge in [-0.3, -0.25) is 4.90 Å². The second-order valence-electron chi connectivity index (χ2n) is 4.82. The number of hydrogen-bond acceptors (Lipinski definition) is 5. The van der Waals surface area contributed by atoms with E-state index < -0.39 is 0 Å². The summed E-state index contributed by atoms with van der Waals surface area (Å²) in [5.74, 6) is 0. The first-order chi connectivity index (χ1) is 8.78. The van der Waals surface area contributed by atoms with Crippen molar-refractivity contribution in [3.8, 4) is 0 Å². The summed E-state index contributed by atoms with van der Waals surface area (Å²) in [6.45, 7) is 6.42. The third-order valence-electron chi connectivity index (χ3n) is 2.97. The Morgan fingerprint density at radius 1 is 1.56 bits per heavy atom. The van der Waals surface area contributed by atoms with Gasteiger partial charge in [0.25, 0.3) is 0 Å². The van der Waals surface area contributed by atoms with Crippen molar-refractivity contribution in [2.75, 3.05) is 26.8 Å². The van der Waals surface area contributed by atoms with E-state index in [1.54, 1.807) is 11.3 Å². The fourth-order valence-corrected chi connectivity index (χ4v) is 2.48. The maximum atomic E-state index is 5.35. The van der Waals surface area contributed by atoms with Crippen molar-refractivity contribution >= 4 is 11.3 Å². The van der Waals surface area contributed by atoms with Crippen LogP contribution in [0.15, 0.2) is 5.38 Å². The van der Waals surface area contributed by atoms with Crippen molar-refractivity contribution in [1.29, 1.82) is 0 Å². The Morgan fingerprint density at radius 2 is 2.39 bits per heavy atom. The molecule has 0 aliphatic heterocycles. The van der Waals surface area contributed by atoms with Crippen LogP contribution in [0.2, 0.25) is 0 Å². The molecule has 0 amide bonds. The molecule has 1 aliphatic rings. The molecule has 2 rings (SSSR count). The number of rotatable bonds is 9. The van der Waals surface area contributed by atoms with Gasteiger partial charge < -0.3 is 10.1 Å². The number of likely N-dealkylation sites (N-methyl/N-ethyl adjacent to an activating group) is 1. The Bertz CT molecular complexity index is 352. The standard InChI is InChI=1S/C13H23N3OS/c1-3-17-7-6-16(2)9-12-10-18-13(15-12)8-14-11-4-5-11/h10-11,14H,3-9H2,1-2H3. The summed E-state index contributed by atoms with van der Waals surface area (Å²) in [4.78, 5) is 6.90. The third kappa shape index (κ3) is 5.02. The number of aromatic nitrogens is 1. The van der Waals surface area contributed by atoms with Crippen LogP contribution in [-0.4, -0.2) is 42.7 Å². The molecule has 1 aromatic rings. The van der Waals surface area contributed by atoms with Crippen LogP contribution >= 0.6 is 11.3 Å². The molecule has 1 saturated carbocycles. The molecule has 1 aliphatic carbocycles. The van der Waals surface area contributed by atoms with Crippen molar-refractivity contribution in [2.24, 2.45) is 0 Å². The van der Waals surface area contributed by atoms with Crippen LogP contribution in [0.1, 0.15) is 30.5 Å². The molecule has 1 N–H and O–H groups in total. The number of hydrogen-bond donors (Lipinski definition) is 1. The minimum Gasteiger partial charge on any atom is -0.380 e. The molecular weight excluding hydrogens is 246 g/mol. The minimum absolute atomic E-state index is 0.756. The average Bonchev–Trinajstić information content (AvgIpc) is 3.08. The van der Waals surface area contributed by atoms with Gasteiger partial charge in [0.15, 0.2) is 0 Å². The summed E-state index contributed by atoms with van der Waals surface area (Å²) >= 11 is 1.76. The lowest BCUT2D eigenvalue weighted by Gasteiger charge is -2.14. The monoisotopic (exact) mass is 269 g/mol. The molecule has 4 nitrogen and oxygen atoms in total. The zero-order valence-corrected chi connectivity index (χ0v) is 12.1. The molecule has 0 saturated heterocycles. The molecule has 18 heavy (non-hydrogen) atoms. The highest BCUT2D eigenvalue weighted by Gasteiger charge is 2.20. The van der Waals surface area contributed by atoms with Crippen LogP contribution < -0.4 is 5.32 Å². The number of thiazole rings is 1. The minimum atomic E-state index is 0.756. The summed E-state index contributed by atoms with van der Waals surface area (Å²) in [5.41, 5.74) is 1.17. The van der Waals surface area contributed by atoms with Gasteiger partial charge in [0.2, 0.25) is 0 Å². The SMILES string of the molecule is CCOCCN(C)Cc1csc(CNC2CC2)n1.